The lowest BCUT2D eigenvalue weighted by atomic mass is 10.1. The van der Waals surface area contributed by atoms with Crippen LogP contribution in [0.1, 0.15) is 15.9 Å². The Kier molecular flexibility index (Phi) is 3.78. The van der Waals surface area contributed by atoms with E-state index in [2.05, 4.69) is 15.3 Å². The average Bonchev–Trinajstić information content (AvgIpc) is 3.29. The minimum atomic E-state index is -0.299. The number of H-pyrrole nitrogens is 1. The fraction of sp³-hybridized carbons (Fsp3) is 0.0526. The van der Waals surface area contributed by atoms with Crippen molar-refractivity contribution in [1.82, 2.24) is 15.3 Å². The van der Waals surface area contributed by atoms with Crippen molar-refractivity contribution in [3.63, 3.8) is 0 Å². The van der Waals surface area contributed by atoms with Crippen molar-refractivity contribution in [2.75, 3.05) is 0 Å². The Morgan fingerprint density at radius 3 is 2.76 bits per heavy atom. The monoisotopic (exact) mass is 335 g/mol. The molecule has 0 unspecified atom stereocenters. The standard InChI is InChI=1S/C19H14FN3O2/c20-14-6-3-12(4-7-14)11-21-19(24)13-5-8-15-16(10-13)23-18(22-15)17-2-1-9-25-17/h1-10H,11H2,(H,21,24)(H,22,23). The molecular formula is C19H14FN3O2. The van der Waals surface area contributed by atoms with E-state index in [1.54, 1.807) is 42.7 Å². The normalized spacial score (nSPS) is 10.9. The SMILES string of the molecule is O=C(NCc1ccc(F)cc1)c1ccc2nc(-c3ccco3)[nH]c2c1. The van der Waals surface area contributed by atoms with Crippen molar-refractivity contribution >= 4 is 16.9 Å². The maximum Gasteiger partial charge on any atom is 0.251 e. The zero-order chi connectivity index (χ0) is 17.2. The molecule has 2 aromatic heterocycles. The second-order valence-electron chi connectivity index (χ2n) is 5.60. The quantitative estimate of drug-likeness (QED) is 0.594. The van der Waals surface area contributed by atoms with Crippen LogP contribution in [-0.4, -0.2) is 15.9 Å². The molecule has 0 fully saturated rings. The summed E-state index contributed by atoms with van der Waals surface area (Å²) in [6, 6.07) is 14.9. The van der Waals surface area contributed by atoms with Gasteiger partial charge in [-0.15, -0.1) is 0 Å². The zero-order valence-electron chi connectivity index (χ0n) is 13.1. The van der Waals surface area contributed by atoms with Gasteiger partial charge in [-0.05, 0) is 48.0 Å². The first kappa shape index (κ1) is 15.1. The molecule has 0 aliphatic heterocycles. The summed E-state index contributed by atoms with van der Waals surface area (Å²) in [5, 5.41) is 2.82. The Labute approximate surface area is 142 Å². The van der Waals surface area contributed by atoms with Crippen molar-refractivity contribution in [2.24, 2.45) is 0 Å². The molecule has 5 nitrogen and oxygen atoms in total. The molecule has 2 heterocycles. The summed E-state index contributed by atoms with van der Waals surface area (Å²) in [7, 11) is 0. The number of hydrogen-bond donors (Lipinski definition) is 2. The van der Waals surface area contributed by atoms with Gasteiger partial charge in [0.15, 0.2) is 11.6 Å². The second-order valence-corrected chi connectivity index (χ2v) is 5.60. The number of aromatic nitrogens is 2. The van der Waals surface area contributed by atoms with Crippen LogP contribution in [0.4, 0.5) is 4.39 Å². The molecule has 0 saturated carbocycles. The number of rotatable bonds is 4. The number of fused-ring (bicyclic) bond motifs is 1. The molecule has 0 radical (unpaired) electrons. The number of aromatic amines is 1. The van der Waals surface area contributed by atoms with Gasteiger partial charge >= 0.3 is 0 Å². The maximum atomic E-state index is 12.9. The lowest BCUT2D eigenvalue weighted by Crippen LogP contribution is -2.22. The Morgan fingerprint density at radius 1 is 1.16 bits per heavy atom. The molecule has 4 rings (SSSR count). The molecule has 1 amide bonds. The molecule has 124 valence electrons. The lowest BCUT2D eigenvalue weighted by molar-refractivity contribution is 0.0951. The fourth-order valence-corrected chi connectivity index (χ4v) is 2.57. The van der Waals surface area contributed by atoms with Gasteiger partial charge in [0.2, 0.25) is 0 Å². The molecule has 0 spiro atoms. The van der Waals surface area contributed by atoms with Crippen LogP contribution in [0.25, 0.3) is 22.6 Å². The molecular weight excluding hydrogens is 321 g/mol. The number of hydrogen-bond acceptors (Lipinski definition) is 3. The third-order valence-corrected chi connectivity index (χ3v) is 3.86. The summed E-state index contributed by atoms with van der Waals surface area (Å²) in [5.41, 5.74) is 2.85. The molecule has 25 heavy (non-hydrogen) atoms. The van der Waals surface area contributed by atoms with Crippen LogP contribution in [0, 0.1) is 5.82 Å². The number of carbonyl (C=O) groups is 1. The van der Waals surface area contributed by atoms with E-state index in [-0.39, 0.29) is 11.7 Å². The van der Waals surface area contributed by atoms with Crippen molar-refractivity contribution < 1.29 is 13.6 Å². The minimum absolute atomic E-state index is 0.208. The molecule has 4 aromatic rings. The number of furan rings is 1. The highest BCUT2D eigenvalue weighted by atomic mass is 19.1. The Balaban J connectivity index is 1.52. The van der Waals surface area contributed by atoms with Crippen LogP contribution in [0.15, 0.2) is 65.3 Å². The highest BCUT2D eigenvalue weighted by molar-refractivity contribution is 5.97. The first-order valence-electron chi connectivity index (χ1n) is 7.75. The number of nitrogens with zero attached hydrogens (tertiary/aromatic N) is 1. The first-order valence-corrected chi connectivity index (χ1v) is 7.75. The highest BCUT2D eigenvalue weighted by Gasteiger charge is 2.11. The lowest BCUT2D eigenvalue weighted by Gasteiger charge is -2.05. The number of amides is 1. The Hall–Kier alpha value is -3.41. The third kappa shape index (κ3) is 3.14. The molecule has 0 aliphatic carbocycles. The minimum Gasteiger partial charge on any atom is -0.461 e. The molecule has 0 atom stereocenters. The van der Waals surface area contributed by atoms with E-state index in [1.807, 2.05) is 6.07 Å². The van der Waals surface area contributed by atoms with Crippen LogP contribution >= 0.6 is 0 Å². The van der Waals surface area contributed by atoms with E-state index in [9.17, 15) is 9.18 Å². The predicted octanol–water partition coefficient (Wildman–Crippen LogP) is 3.89. The van der Waals surface area contributed by atoms with Gasteiger partial charge in [-0.3, -0.25) is 4.79 Å². The van der Waals surface area contributed by atoms with Crippen LogP contribution < -0.4 is 5.32 Å². The molecule has 0 saturated heterocycles. The van der Waals surface area contributed by atoms with Gasteiger partial charge in [0.1, 0.15) is 5.82 Å². The van der Waals surface area contributed by atoms with E-state index >= 15 is 0 Å². The van der Waals surface area contributed by atoms with Gasteiger partial charge in [-0.25, -0.2) is 9.37 Å². The summed E-state index contributed by atoms with van der Waals surface area (Å²) >= 11 is 0. The molecule has 0 bridgehead atoms. The van der Waals surface area contributed by atoms with Crippen LogP contribution in [-0.2, 0) is 6.54 Å². The number of halogens is 1. The fourth-order valence-electron chi connectivity index (χ4n) is 2.57. The van der Waals surface area contributed by atoms with Gasteiger partial charge in [0.05, 0.1) is 17.3 Å². The topological polar surface area (TPSA) is 70.9 Å². The molecule has 2 aromatic carbocycles. The van der Waals surface area contributed by atoms with E-state index < -0.39 is 0 Å². The van der Waals surface area contributed by atoms with Gasteiger partial charge in [0, 0.05) is 12.1 Å². The Morgan fingerprint density at radius 2 is 2.00 bits per heavy atom. The van der Waals surface area contributed by atoms with Crippen LogP contribution in [0.5, 0.6) is 0 Å². The summed E-state index contributed by atoms with van der Waals surface area (Å²) in [6.07, 6.45) is 1.58. The van der Waals surface area contributed by atoms with E-state index in [4.69, 9.17) is 4.42 Å². The van der Waals surface area contributed by atoms with E-state index in [0.717, 1.165) is 16.6 Å². The maximum absolute atomic E-state index is 12.9. The zero-order valence-corrected chi connectivity index (χ0v) is 13.1. The summed E-state index contributed by atoms with van der Waals surface area (Å²) < 4.78 is 18.2. The molecule has 2 N–H and O–H groups in total. The van der Waals surface area contributed by atoms with Crippen LogP contribution in [0.3, 0.4) is 0 Å². The van der Waals surface area contributed by atoms with E-state index in [0.29, 0.717) is 23.7 Å². The van der Waals surface area contributed by atoms with Crippen molar-refractivity contribution in [2.45, 2.75) is 6.54 Å². The van der Waals surface area contributed by atoms with Gasteiger partial charge in [-0.1, -0.05) is 12.1 Å². The predicted molar refractivity (Wildman–Crippen MR) is 91.4 cm³/mol. The van der Waals surface area contributed by atoms with Crippen molar-refractivity contribution in [1.29, 1.82) is 0 Å². The Bertz CT molecular complexity index is 1020. The summed E-state index contributed by atoms with van der Waals surface area (Å²) in [6.45, 7) is 0.331. The molecule has 0 aliphatic rings. The van der Waals surface area contributed by atoms with Gasteiger partial charge in [-0.2, -0.15) is 0 Å². The van der Waals surface area contributed by atoms with Crippen molar-refractivity contribution in [3.8, 4) is 11.6 Å². The molecule has 6 heteroatoms. The van der Waals surface area contributed by atoms with Gasteiger partial charge < -0.3 is 14.7 Å². The number of imidazole rings is 1. The first-order chi connectivity index (χ1) is 12.2. The second kappa shape index (κ2) is 6.24. The van der Waals surface area contributed by atoms with Crippen molar-refractivity contribution in [3.05, 3.63) is 77.8 Å². The largest absolute Gasteiger partial charge is 0.461 e. The summed E-state index contributed by atoms with van der Waals surface area (Å²) in [4.78, 5) is 19.9. The third-order valence-electron chi connectivity index (χ3n) is 3.86. The number of nitrogens with one attached hydrogen (secondary N) is 2. The average molecular weight is 335 g/mol. The number of carbonyl (C=O) groups excluding carboxylic acids is 1. The number of benzene rings is 2. The highest BCUT2D eigenvalue weighted by Crippen LogP contribution is 2.21. The smallest absolute Gasteiger partial charge is 0.251 e. The van der Waals surface area contributed by atoms with Gasteiger partial charge in [0.25, 0.3) is 5.91 Å². The van der Waals surface area contributed by atoms with E-state index in [1.165, 1.54) is 12.1 Å². The summed E-state index contributed by atoms with van der Waals surface area (Å²) in [5.74, 6) is 0.745. The van der Waals surface area contributed by atoms with Crippen LogP contribution in [0.2, 0.25) is 0 Å².